The average Bonchev–Trinajstić information content (AvgIpc) is 2.48. The van der Waals surface area contributed by atoms with E-state index in [9.17, 15) is 13.2 Å². The highest BCUT2D eigenvalue weighted by Gasteiger charge is 2.19. The molecule has 0 saturated heterocycles. The minimum absolute atomic E-state index is 0.0862. The summed E-state index contributed by atoms with van der Waals surface area (Å²) < 4.78 is 32.1. The lowest BCUT2D eigenvalue weighted by Crippen LogP contribution is -2.14. The summed E-state index contributed by atoms with van der Waals surface area (Å²) in [6.45, 7) is 0. The van der Waals surface area contributed by atoms with Crippen LogP contribution in [0.1, 0.15) is 10.4 Å². The van der Waals surface area contributed by atoms with Crippen LogP contribution in [0, 0.1) is 0 Å². The van der Waals surface area contributed by atoms with E-state index in [1.807, 2.05) is 0 Å². The molecule has 0 aromatic heterocycles. The highest BCUT2D eigenvalue weighted by atomic mass is 79.9. The predicted molar refractivity (Wildman–Crippen MR) is 87.7 cm³/mol. The van der Waals surface area contributed by atoms with Gasteiger partial charge in [0.2, 0.25) is 0 Å². The number of ether oxygens (including phenoxy) is 1. The molecule has 116 valence electrons. The maximum atomic E-state index is 12.4. The molecule has 0 radical (unpaired) electrons. The van der Waals surface area contributed by atoms with Crippen LogP contribution in [0.2, 0.25) is 5.02 Å². The van der Waals surface area contributed by atoms with E-state index in [2.05, 4.69) is 25.4 Å². The number of methoxy groups -OCH3 is 1. The molecular weight excluding hydrogens is 394 g/mol. The number of nitrogens with one attached hydrogen (secondary N) is 1. The van der Waals surface area contributed by atoms with Crippen LogP contribution in [0.25, 0.3) is 0 Å². The van der Waals surface area contributed by atoms with E-state index in [-0.39, 0.29) is 21.2 Å². The zero-order valence-electron chi connectivity index (χ0n) is 11.3. The summed E-state index contributed by atoms with van der Waals surface area (Å²) in [6.07, 6.45) is 0. The van der Waals surface area contributed by atoms with Crippen LogP contribution < -0.4 is 4.72 Å². The SMILES string of the molecule is COC(=O)c1ccc(NS(=O)(=O)c2ccccc2Br)c(Cl)c1. The van der Waals surface area contributed by atoms with Crippen molar-refractivity contribution in [2.75, 3.05) is 11.8 Å². The largest absolute Gasteiger partial charge is 0.465 e. The van der Waals surface area contributed by atoms with E-state index < -0.39 is 16.0 Å². The van der Waals surface area contributed by atoms with Crippen molar-refractivity contribution in [1.29, 1.82) is 0 Å². The van der Waals surface area contributed by atoms with Crippen LogP contribution in [0.3, 0.4) is 0 Å². The Kier molecular flexibility index (Phi) is 5.10. The van der Waals surface area contributed by atoms with Crippen molar-refractivity contribution < 1.29 is 17.9 Å². The normalized spacial score (nSPS) is 11.0. The molecule has 0 fully saturated rings. The molecule has 0 atom stereocenters. The van der Waals surface area contributed by atoms with Gasteiger partial charge in [0.25, 0.3) is 10.0 Å². The number of sulfonamides is 1. The molecule has 0 aliphatic rings. The molecule has 1 N–H and O–H groups in total. The van der Waals surface area contributed by atoms with Crippen LogP contribution in [0.4, 0.5) is 5.69 Å². The molecule has 2 aromatic rings. The summed E-state index contributed by atoms with van der Waals surface area (Å²) in [5.74, 6) is -0.554. The molecular formula is C14H11BrClNO4S. The van der Waals surface area contributed by atoms with Crippen LogP contribution in [0.5, 0.6) is 0 Å². The lowest BCUT2D eigenvalue weighted by molar-refractivity contribution is 0.0601. The molecule has 0 heterocycles. The molecule has 2 aromatic carbocycles. The van der Waals surface area contributed by atoms with Gasteiger partial charge in [0, 0.05) is 4.47 Å². The van der Waals surface area contributed by atoms with Gasteiger partial charge in [-0.1, -0.05) is 23.7 Å². The third kappa shape index (κ3) is 3.60. The number of hydrogen-bond acceptors (Lipinski definition) is 4. The fourth-order valence-electron chi connectivity index (χ4n) is 1.71. The van der Waals surface area contributed by atoms with Crippen LogP contribution in [0.15, 0.2) is 51.8 Å². The van der Waals surface area contributed by atoms with Gasteiger partial charge in [0.1, 0.15) is 4.90 Å². The first-order valence-corrected chi connectivity index (χ1v) is 8.66. The van der Waals surface area contributed by atoms with E-state index in [1.165, 1.54) is 31.4 Å². The Labute approximate surface area is 141 Å². The highest BCUT2D eigenvalue weighted by molar-refractivity contribution is 9.10. The Morgan fingerprint density at radius 3 is 2.50 bits per heavy atom. The van der Waals surface area contributed by atoms with Gasteiger partial charge in [-0.05, 0) is 46.3 Å². The third-order valence-corrected chi connectivity index (χ3v) is 5.45. The summed E-state index contributed by atoms with van der Waals surface area (Å²) in [5, 5.41) is 0.0959. The van der Waals surface area contributed by atoms with E-state index in [4.69, 9.17) is 11.6 Å². The Hall–Kier alpha value is -1.57. The smallest absolute Gasteiger partial charge is 0.337 e. The van der Waals surface area contributed by atoms with Crippen molar-refractivity contribution in [3.63, 3.8) is 0 Å². The van der Waals surface area contributed by atoms with Crippen molar-refractivity contribution in [2.24, 2.45) is 0 Å². The van der Waals surface area contributed by atoms with Gasteiger partial charge < -0.3 is 4.74 Å². The monoisotopic (exact) mass is 403 g/mol. The third-order valence-electron chi connectivity index (χ3n) is 2.76. The van der Waals surface area contributed by atoms with Crippen LogP contribution in [-0.2, 0) is 14.8 Å². The average molecular weight is 405 g/mol. The second kappa shape index (κ2) is 6.68. The number of rotatable bonds is 4. The van der Waals surface area contributed by atoms with Gasteiger partial charge in [0.05, 0.1) is 23.4 Å². The lowest BCUT2D eigenvalue weighted by Gasteiger charge is -2.11. The number of carbonyl (C=O) groups is 1. The van der Waals surface area contributed by atoms with E-state index >= 15 is 0 Å². The summed E-state index contributed by atoms with van der Waals surface area (Å²) in [7, 11) is -2.55. The molecule has 5 nitrogen and oxygen atoms in total. The molecule has 2 rings (SSSR count). The van der Waals surface area contributed by atoms with Gasteiger partial charge >= 0.3 is 5.97 Å². The highest BCUT2D eigenvalue weighted by Crippen LogP contribution is 2.28. The maximum Gasteiger partial charge on any atom is 0.337 e. The topological polar surface area (TPSA) is 72.5 Å². The zero-order chi connectivity index (χ0) is 16.3. The maximum absolute atomic E-state index is 12.4. The van der Waals surface area contributed by atoms with Gasteiger partial charge in [-0.15, -0.1) is 0 Å². The number of hydrogen-bond donors (Lipinski definition) is 1. The second-order valence-corrected chi connectivity index (χ2v) is 7.13. The standard InChI is InChI=1S/C14H11BrClNO4S/c1-21-14(18)9-6-7-12(11(16)8-9)17-22(19,20)13-5-3-2-4-10(13)15/h2-8,17H,1H3. The molecule has 0 amide bonds. The van der Waals surface area contributed by atoms with Gasteiger partial charge in [0.15, 0.2) is 0 Å². The number of benzene rings is 2. The summed E-state index contributed by atoms with van der Waals surface area (Å²) >= 11 is 9.21. The van der Waals surface area contributed by atoms with Gasteiger partial charge in [-0.25, -0.2) is 13.2 Å². The van der Waals surface area contributed by atoms with Crippen LogP contribution >= 0.6 is 27.5 Å². The molecule has 0 saturated carbocycles. The quantitative estimate of drug-likeness (QED) is 0.789. The molecule has 0 spiro atoms. The van der Waals surface area contributed by atoms with Crippen molar-refractivity contribution in [3.05, 3.63) is 57.5 Å². The van der Waals surface area contributed by atoms with Crippen molar-refractivity contribution in [3.8, 4) is 0 Å². The van der Waals surface area contributed by atoms with Gasteiger partial charge in [-0.3, -0.25) is 4.72 Å². The van der Waals surface area contributed by atoms with Crippen LogP contribution in [-0.4, -0.2) is 21.5 Å². The van der Waals surface area contributed by atoms with E-state index in [0.717, 1.165) is 0 Å². The number of halogens is 2. The summed E-state index contributed by atoms with van der Waals surface area (Å²) in [4.78, 5) is 11.5. The molecule has 0 aliphatic heterocycles. The molecule has 8 heteroatoms. The zero-order valence-corrected chi connectivity index (χ0v) is 14.5. The second-order valence-electron chi connectivity index (χ2n) is 4.22. The fourth-order valence-corrected chi connectivity index (χ4v) is 4.07. The van der Waals surface area contributed by atoms with Crippen molar-refractivity contribution in [2.45, 2.75) is 4.90 Å². The first kappa shape index (κ1) is 16.8. The Morgan fingerprint density at radius 2 is 1.91 bits per heavy atom. The minimum Gasteiger partial charge on any atom is -0.465 e. The first-order valence-electron chi connectivity index (χ1n) is 6.00. The van der Waals surface area contributed by atoms with E-state index in [1.54, 1.807) is 18.2 Å². The predicted octanol–water partition coefficient (Wildman–Crippen LogP) is 3.69. The Balaban J connectivity index is 2.35. The number of carbonyl (C=O) groups excluding carboxylic acids is 1. The van der Waals surface area contributed by atoms with Crippen molar-refractivity contribution >= 4 is 49.2 Å². The number of anilines is 1. The molecule has 22 heavy (non-hydrogen) atoms. The molecule has 0 aliphatic carbocycles. The lowest BCUT2D eigenvalue weighted by atomic mass is 10.2. The summed E-state index contributed by atoms with van der Waals surface area (Å²) in [5.41, 5.74) is 0.404. The molecule has 0 unspecified atom stereocenters. The van der Waals surface area contributed by atoms with Gasteiger partial charge in [-0.2, -0.15) is 0 Å². The fraction of sp³-hybridized carbons (Fsp3) is 0.0714. The van der Waals surface area contributed by atoms with E-state index in [0.29, 0.717) is 4.47 Å². The van der Waals surface area contributed by atoms with Crippen molar-refractivity contribution in [1.82, 2.24) is 0 Å². The Morgan fingerprint density at radius 1 is 1.23 bits per heavy atom. The molecule has 0 bridgehead atoms. The first-order chi connectivity index (χ1) is 10.3. The Bertz CT molecular complexity index is 823. The summed E-state index contributed by atoms with van der Waals surface area (Å²) in [6, 6.07) is 10.6. The minimum atomic E-state index is -3.80. The number of esters is 1.